The maximum atomic E-state index is 10.0. The Morgan fingerprint density at radius 3 is 2.41 bits per heavy atom. The minimum atomic E-state index is -0.125. The molecule has 2 heterocycles. The first-order chi connectivity index (χ1) is 15.0. The van der Waals surface area contributed by atoms with Crippen LogP contribution in [-0.4, -0.2) is 15.9 Å². The molecule has 2 aromatic heterocycles. The summed E-state index contributed by atoms with van der Waals surface area (Å²) in [6.45, 7) is 4.92. The molecule has 5 rings (SSSR count). The van der Waals surface area contributed by atoms with Gasteiger partial charge in [0.1, 0.15) is 5.58 Å². The first-order valence-electron chi connectivity index (χ1n) is 10.00. The second kappa shape index (κ2) is 9.90. The molecule has 3 aromatic carbocycles. The monoisotopic (exact) mass is 601 g/mol. The van der Waals surface area contributed by atoms with E-state index in [2.05, 4.69) is 54.4 Å². The molecule has 0 saturated carbocycles. The first kappa shape index (κ1) is 23.4. The summed E-state index contributed by atoms with van der Waals surface area (Å²) in [6, 6.07) is 23.9. The van der Waals surface area contributed by atoms with Crippen molar-refractivity contribution in [1.82, 2.24) is 4.98 Å². The zero-order valence-electron chi connectivity index (χ0n) is 18.0. The van der Waals surface area contributed by atoms with E-state index >= 15 is 0 Å². The third kappa shape index (κ3) is 4.64. The number of benzene rings is 3. The largest absolute Gasteiger partial charge is 0.512 e. The van der Waals surface area contributed by atoms with E-state index in [1.807, 2.05) is 30.5 Å². The van der Waals surface area contributed by atoms with Crippen molar-refractivity contribution in [3.8, 4) is 11.3 Å². The fourth-order valence-corrected chi connectivity index (χ4v) is 3.69. The van der Waals surface area contributed by atoms with Gasteiger partial charge in [0, 0.05) is 37.8 Å². The van der Waals surface area contributed by atoms with Gasteiger partial charge in [-0.05, 0) is 48.9 Å². The van der Waals surface area contributed by atoms with E-state index in [-0.39, 0.29) is 31.6 Å². The summed E-state index contributed by atoms with van der Waals surface area (Å²) < 4.78 is 6.25. The van der Waals surface area contributed by atoms with Crippen LogP contribution in [0, 0.1) is 13.0 Å². The molecule has 0 unspecified atom stereocenters. The van der Waals surface area contributed by atoms with Crippen LogP contribution in [0.4, 0.5) is 0 Å². The third-order valence-corrected chi connectivity index (χ3v) is 4.98. The first-order valence-corrected chi connectivity index (χ1v) is 10.00. The van der Waals surface area contributed by atoms with Crippen molar-refractivity contribution >= 4 is 38.5 Å². The van der Waals surface area contributed by atoms with Gasteiger partial charge in [-0.15, -0.1) is 18.2 Å². The number of aryl methyl sites for hydroxylation is 1. The van der Waals surface area contributed by atoms with Crippen molar-refractivity contribution in [3.63, 3.8) is 0 Å². The summed E-state index contributed by atoms with van der Waals surface area (Å²) >= 11 is 0. The fraction of sp³-hybridized carbons (Fsp3) is 0.111. The van der Waals surface area contributed by atoms with Crippen LogP contribution in [0.2, 0.25) is 0 Å². The molecule has 32 heavy (non-hydrogen) atoms. The smallest absolute Gasteiger partial charge is 0.155 e. The van der Waals surface area contributed by atoms with Crippen molar-refractivity contribution in [2.45, 2.75) is 20.8 Å². The third-order valence-electron chi connectivity index (χ3n) is 4.98. The second-order valence-electron chi connectivity index (χ2n) is 7.43. The number of aliphatic hydroxyl groups is 1. The van der Waals surface area contributed by atoms with E-state index in [0.29, 0.717) is 0 Å². The van der Waals surface area contributed by atoms with Crippen molar-refractivity contribution in [2.75, 3.05) is 0 Å². The van der Waals surface area contributed by atoms with E-state index in [1.165, 1.54) is 25.3 Å². The Morgan fingerprint density at radius 1 is 0.969 bits per heavy atom. The van der Waals surface area contributed by atoms with Crippen LogP contribution in [0.25, 0.3) is 44.0 Å². The fourth-order valence-electron chi connectivity index (χ4n) is 3.69. The molecule has 1 radical (unpaired) electrons. The normalized spacial score (nSPS) is 11.2. The number of allylic oxidation sites excluding steroid dienone is 2. The standard InChI is InChI=1S/C22H14NO.C5H8O2.Ir/c1-14-6-4-9-17-18-10-5-11-19(22(18)24-21(14)17)20-16-8-3-2-7-15(16)12-13-23-20;1-4(6)3-5(2)7;/h2-10,12-13H,1H3;3,6H,1-2H3;/q-1;;/b;4-3-;. The van der Waals surface area contributed by atoms with Gasteiger partial charge in [-0.1, -0.05) is 53.4 Å². The molecule has 163 valence electrons. The zero-order valence-corrected chi connectivity index (χ0v) is 20.4. The van der Waals surface area contributed by atoms with Gasteiger partial charge in [-0.2, -0.15) is 0 Å². The predicted octanol–water partition coefficient (Wildman–Crippen LogP) is 6.94. The number of fused-ring (bicyclic) bond motifs is 4. The summed E-state index contributed by atoms with van der Waals surface area (Å²) in [5.41, 5.74) is 4.76. The SMILES string of the molecule is CC(=O)/C=C(/C)O.Cc1cccc2c1oc1c(-c3nccc4ccccc34)[c-]ccc12.[Ir]. The number of rotatable bonds is 2. The molecule has 0 spiro atoms. The van der Waals surface area contributed by atoms with Crippen molar-refractivity contribution < 1.29 is 34.4 Å². The molecule has 4 nitrogen and oxygen atoms in total. The topological polar surface area (TPSA) is 63.3 Å². The van der Waals surface area contributed by atoms with Gasteiger partial charge in [0.05, 0.1) is 11.3 Å². The number of hydrogen-bond acceptors (Lipinski definition) is 4. The van der Waals surface area contributed by atoms with Crippen LogP contribution >= 0.6 is 0 Å². The Bertz CT molecular complexity index is 1440. The summed E-state index contributed by atoms with van der Waals surface area (Å²) in [4.78, 5) is 14.6. The number of nitrogens with zero attached hydrogens (tertiary/aromatic N) is 1. The number of aromatic nitrogens is 1. The quantitative estimate of drug-likeness (QED) is 0.135. The van der Waals surface area contributed by atoms with Crippen LogP contribution < -0.4 is 0 Å². The Balaban J connectivity index is 0.000000318. The molecule has 5 heteroatoms. The van der Waals surface area contributed by atoms with Crippen molar-refractivity contribution in [2.24, 2.45) is 0 Å². The molecule has 0 aliphatic rings. The molecule has 0 fully saturated rings. The molecule has 5 aromatic rings. The van der Waals surface area contributed by atoms with Gasteiger partial charge >= 0.3 is 0 Å². The number of carbonyl (C=O) groups excluding carboxylic acids is 1. The van der Waals surface area contributed by atoms with Crippen LogP contribution in [0.15, 0.2) is 83.1 Å². The van der Waals surface area contributed by atoms with Gasteiger partial charge in [-0.3, -0.25) is 4.79 Å². The van der Waals surface area contributed by atoms with Crippen LogP contribution in [0.1, 0.15) is 19.4 Å². The molecule has 0 bridgehead atoms. The van der Waals surface area contributed by atoms with Gasteiger partial charge in [0.25, 0.3) is 0 Å². The molecule has 0 aliphatic heterocycles. The number of hydrogen-bond donors (Lipinski definition) is 1. The number of ketones is 1. The van der Waals surface area contributed by atoms with Gasteiger partial charge in [0.2, 0.25) is 0 Å². The summed E-state index contributed by atoms with van der Waals surface area (Å²) in [5.74, 6) is -0.0625. The van der Waals surface area contributed by atoms with E-state index in [1.54, 1.807) is 0 Å². The molecule has 1 N–H and O–H groups in total. The van der Waals surface area contributed by atoms with Gasteiger partial charge in [0.15, 0.2) is 5.78 Å². The number of pyridine rings is 1. The maximum Gasteiger partial charge on any atom is 0.155 e. The summed E-state index contributed by atoms with van der Waals surface area (Å²) in [6.07, 6.45) is 3.01. The molecule has 0 aliphatic carbocycles. The van der Waals surface area contributed by atoms with Crippen LogP contribution in [0.5, 0.6) is 0 Å². The van der Waals surface area contributed by atoms with E-state index in [4.69, 9.17) is 9.52 Å². The van der Waals surface area contributed by atoms with Gasteiger partial charge < -0.3 is 14.5 Å². The predicted molar refractivity (Wildman–Crippen MR) is 125 cm³/mol. The van der Waals surface area contributed by atoms with E-state index in [9.17, 15) is 4.79 Å². The minimum absolute atomic E-state index is 0. The number of para-hydroxylation sites is 1. The summed E-state index contributed by atoms with van der Waals surface area (Å²) in [7, 11) is 0. The minimum Gasteiger partial charge on any atom is -0.512 e. The molecule has 0 amide bonds. The maximum absolute atomic E-state index is 10.0. The molecule has 0 saturated heterocycles. The molecular formula is C27H22IrNO3-. The number of aliphatic hydroxyl groups excluding tert-OH is 1. The summed E-state index contributed by atoms with van der Waals surface area (Å²) in [5, 5.41) is 12.9. The van der Waals surface area contributed by atoms with Crippen molar-refractivity contribution in [3.05, 3.63) is 90.3 Å². The van der Waals surface area contributed by atoms with Gasteiger partial charge in [-0.25, -0.2) is 0 Å². The average Bonchev–Trinajstić information content (AvgIpc) is 3.13. The Hall–Kier alpha value is -3.27. The molecule has 0 atom stereocenters. The average molecular weight is 601 g/mol. The Labute approximate surface area is 199 Å². The Morgan fingerprint density at radius 2 is 1.69 bits per heavy atom. The second-order valence-corrected chi connectivity index (χ2v) is 7.43. The van der Waals surface area contributed by atoms with Crippen molar-refractivity contribution in [1.29, 1.82) is 0 Å². The zero-order chi connectivity index (χ0) is 22.0. The van der Waals surface area contributed by atoms with Crippen LogP contribution in [-0.2, 0) is 24.9 Å². The molecular weight excluding hydrogens is 579 g/mol. The van der Waals surface area contributed by atoms with E-state index < -0.39 is 0 Å². The van der Waals surface area contributed by atoms with Crippen LogP contribution in [0.3, 0.4) is 0 Å². The number of carbonyl (C=O) groups is 1. The number of furan rings is 1. The Kier molecular flexibility index (Phi) is 7.24. The van der Waals surface area contributed by atoms with E-state index in [0.717, 1.165) is 44.1 Å².